The smallest absolute Gasteiger partial charge is 0.151 e. The van der Waals surface area contributed by atoms with E-state index in [0.29, 0.717) is 6.54 Å². The van der Waals surface area contributed by atoms with E-state index < -0.39 is 0 Å². The van der Waals surface area contributed by atoms with Gasteiger partial charge in [-0.15, -0.1) is 0 Å². The molecule has 2 rings (SSSR count). The highest BCUT2D eigenvalue weighted by molar-refractivity contribution is 5.45. The lowest BCUT2D eigenvalue weighted by atomic mass is 10.2. The fourth-order valence-electron chi connectivity index (χ4n) is 1.70. The van der Waals surface area contributed by atoms with Gasteiger partial charge >= 0.3 is 0 Å². The minimum Gasteiger partial charge on any atom is -0.467 e. The summed E-state index contributed by atoms with van der Waals surface area (Å²) in [5, 5.41) is 10.5. The summed E-state index contributed by atoms with van der Waals surface area (Å²) in [5.74, 6) is 1.87. The average molecular weight is 219 g/mol. The van der Waals surface area contributed by atoms with Gasteiger partial charge in [0.2, 0.25) is 0 Å². The van der Waals surface area contributed by atoms with Gasteiger partial charge in [0.1, 0.15) is 5.76 Å². The predicted octanol–water partition coefficient (Wildman–Crippen LogP) is 2.79. The number of H-pyrrole nitrogens is 1. The van der Waals surface area contributed by atoms with E-state index in [2.05, 4.69) is 29.4 Å². The van der Waals surface area contributed by atoms with E-state index in [1.165, 1.54) is 11.3 Å². The summed E-state index contributed by atoms with van der Waals surface area (Å²) in [4.78, 5) is 0. The van der Waals surface area contributed by atoms with Crippen molar-refractivity contribution in [3.63, 3.8) is 0 Å². The molecular weight excluding hydrogens is 202 g/mol. The number of furan rings is 1. The van der Waals surface area contributed by atoms with E-state index in [0.717, 1.165) is 23.6 Å². The Balaban J connectivity index is 2.05. The maximum Gasteiger partial charge on any atom is 0.151 e. The second-order valence-electron chi connectivity index (χ2n) is 3.91. The molecule has 0 bridgehead atoms. The standard InChI is InChI=1S/C12H17N3O/c1-4-10-9(3)12(15-14-10)13-7-11-8(2)5-6-16-11/h5-6H,4,7H2,1-3H3,(H2,13,14,15). The molecule has 0 aliphatic carbocycles. The van der Waals surface area contributed by atoms with Gasteiger partial charge in [-0.3, -0.25) is 5.10 Å². The van der Waals surface area contributed by atoms with Crippen molar-refractivity contribution < 1.29 is 4.42 Å². The first-order chi connectivity index (χ1) is 7.72. The Hall–Kier alpha value is -1.71. The van der Waals surface area contributed by atoms with Crippen LogP contribution in [0.4, 0.5) is 5.82 Å². The molecule has 86 valence electrons. The minimum absolute atomic E-state index is 0.674. The highest BCUT2D eigenvalue weighted by Gasteiger charge is 2.08. The highest BCUT2D eigenvalue weighted by atomic mass is 16.3. The van der Waals surface area contributed by atoms with E-state index in [-0.39, 0.29) is 0 Å². The van der Waals surface area contributed by atoms with Crippen molar-refractivity contribution in [1.29, 1.82) is 0 Å². The first-order valence-corrected chi connectivity index (χ1v) is 5.53. The Labute approximate surface area is 95.1 Å². The molecule has 0 amide bonds. The minimum atomic E-state index is 0.674. The zero-order valence-electron chi connectivity index (χ0n) is 9.92. The number of rotatable bonds is 4. The van der Waals surface area contributed by atoms with Crippen LogP contribution in [0, 0.1) is 13.8 Å². The van der Waals surface area contributed by atoms with Crippen molar-refractivity contribution in [2.45, 2.75) is 33.7 Å². The topological polar surface area (TPSA) is 53.9 Å². The van der Waals surface area contributed by atoms with E-state index in [9.17, 15) is 0 Å². The van der Waals surface area contributed by atoms with Crippen molar-refractivity contribution in [2.24, 2.45) is 0 Å². The molecule has 0 unspecified atom stereocenters. The molecule has 0 saturated carbocycles. The molecule has 2 aromatic rings. The molecule has 2 aromatic heterocycles. The zero-order valence-corrected chi connectivity index (χ0v) is 9.92. The van der Waals surface area contributed by atoms with Gasteiger partial charge in [0, 0.05) is 11.3 Å². The van der Waals surface area contributed by atoms with Crippen LogP contribution < -0.4 is 5.32 Å². The Morgan fingerprint density at radius 2 is 2.25 bits per heavy atom. The van der Waals surface area contributed by atoms with Crippen LogP contribution in [-0.4, -0.2) is 10.2 Å². The van der Waals surface area contributed by atoms with Gasteiger partial charge in [-0.25, -0.2) is 0 Å². The number of nitrogens with zero attached hydrogens (tertiary/aromatic N) is 1. The van der Waals surface area contributed by atoms with Crippen LogP contribution in [-0.2, 0) is 13.0 Å². The third-order valence-corrected chi connectivity index (χ3v) is 2.85. The largest absolute Gasteiger partial charge is 0.467 e. The van der Waals surface area contributed by atoms with Crippen LogP contribution in [0.15, 0.2) is 16.7 Å². The fraction of sp³-hybridized carbons (Fsp3) is 0.417. The first kappa shape index (κ1) is 10.8. The van der Waals surface area contributed by atoms with Crippen molar-refractivity contribution >= 4 is 5.82 Å². The van der Waals surface area contributed by atoms with Crippen molar-refractivity contribution in [3.05, 3.63) is 34.9 Å². The molecule has 2 heterocycles. The normalized spacial score (nSPS) is 10.7. The first-order valence-electron chi connectivity index (χ1n) is 5.53. The molecule has 0 radical (unpaired) electrons. The number of aromatic amines is 1. The zero-order chi connectivity index (χ0) is 11.5. The molecular formula is C12H17N3O. The summed E-state index contributed by atoms with van der Waals surface area (Å²) in [5.41, 5.74) is 3.53. The maximum absolute atomic E-state index is 5.36. The summed E-state index contributed by atoms with van der Waals surface area (Å²) in [6, 6.07) is 1.96. The second kappa shape index (κ2) is 4.43. The maximum atomic E-state index is 5.36. The fourth-order valence-corrected chi connectivity index (χ4v) is 1.70. The molecule has 0 aliphatic rings. The Bertz CT molecular complexity index is 470. The van der Waals surface area contributed by atoms with Gasteiger partial charge in [-0.05, 0) is 31.9 Å². The summed E-state index contributed by atoms with van der Waals surface area (Å²) in [6.07, 6.45) is 2.68. The van der Waals surface area contributed by atoms with Crippen LogP contribution in [0.1, 0.15) is 29.5 Å². The summed E-state index contributed by atoms with van der Waals surface area (Å²) < 4.78 is 5.36. The molecule has 0 aromatic carbocycles. The van der Waals surface area contributed by atoms with E-state index in [4.69, 9.17) is 4.42 Å². The second-order valence-corrected chi connectivity index (χ2v) is 3.91. The Morgan fingerprint density at radius 1 is 1.44 bits per heavy atom. The van der Waals surface area contributed by atoms with E-state index in [1.807, 2.05) is 13.0 Å². The lowest BCUT2D eigenvalue weighted by molar-refractivity contribution is 0.515. The molecule has 0 spiro atoms. The molecule has 16 heavy (non-hydrogen) atoms. The van der Waals surface area contributed by atoms with Crippen LogP contribution >= 0.6 is 0 Å². The average Bonchev–Trinajstić information content (AvgIpc) is 2.83. The van der Waals surface area contributed by atoms with Crippen LogP contribution in [0.5, 0.6) is 0 Å². The van der Waals surface area contributed by atoms with Gasteiger partial charge in [0.25, 0.3) is 0 Å². The quantitative estimate of drug-likeness (QED) is 0.831. The molecule has 0 aliphatic heterocycles. The number of nitrogens with one attached hydrogen (secondary N) is 2. The number of aryl methyl sites for hydroxylation is 2. The van der Waals surface area contributed by atoms with Gasteiger partial charge < -0.3 is 9.73 Å². The Kier molecular flexibility index (Phi) is 2.99. The number of anilines is 1. The van der Waals surface area contributed by atoms with Crippen molar-refractivity contribution in [2.75, 3.05) is 5.32 Å². The highest BCUT2D eigenvalue weighted by Crippen LogP contribution is 2.17. The van der Waals surface area contributed by atoms with Gasteiger partial charge in [0.15, 0.2) is 5.82 Å². The van der Waals surface area contributed by atoms with Crippen LogP contribution in [0.25, 0.3) is 0 Å². The van der Waals surface area contributed by atoms with Crippen LogP contribution in [0.2, 0.25) is 0 Å². The summed E-state index contributed by atoms with van der Waals surface area (Å²) in [6.45, 7) is 6.89. The summed E-state index contributed by atoms with van der Waals surface area (Å²) in [7, 11) is 0. The SMILES string of the molecule is CCc1[nH]nc(NCc2occc2C)c1C. The lowest BCUT2D eigenvalue weighted by Gasteiger charge is -2.02. The molecule has 4 heteroatoms. The summed E-state index contributed by atoms with van der Waals surface area (Å²) >= 11 is 0. The van der Waals surface area contributed by atoms with Crippen molar-refractivity contribution in [3.8, 4) is 0 Å². The van der Waals surface area contributed by atoms with Gasteiger partial charge in [-0.2, -0.15) is 5.10 Å². The number of aromatic nitrogens is 2. The van der Waals surface area contributed by atoms with Crippen molar-refractivity contribution in [1.82, 2.24) is 10.2 Å². The molecule has 2 N–H and O–H groups in total. The van der Waals surface area contributed by atoms with E-state index in [1.54, 1.807) is 6.26 Å². The molecule has 4 nitrogen and oxygen atoms in total. The molecule has 0 fully saturated rings. The van der Waals surface area contributed by atoms with Gasteiger partial charge in [-0.1, -0.05) is 6.92 Å². The molecule has 0 saturated heterocycles. The predicted molar refractivity (Wildman–Crippen MR) is 63.5 cm³/mol. The van der Waals surface area contributed by atoms with E-state index >= 15 is 0 Å². The Morgan fingerprint density at radius 3 is 2.81 bits per heavy atom. The number of hydrogen-bond acceptors (Lipinski definition) is 3. The van der Waals surface area contributed by atoms with Crippen LogP contribution in [0.3, 0.4) is 0 Å². The monoisotopic (exact) mass is 219 g/mol. The number of hydrogen-bond donors (Lipinski definition) is 2. The molecule has 0 atom stereocenters. The third-order valence-electron chi connectivity index (χ3n) is 2.85. The lowest BCUT2D eigenvalue weighted by Crippen LogP contribution is -2.01. The van der Waals surface area contributed by atoms with Gasteiger partial charge in [0.05, 0.1) is 12.8 Å². The third kappa shape index (κ3) is 1.96.